The number of hydrogen-bond donors (Lipinski definition) is 1. The van der Waals surface area contributed by atoms with Crippen LogP contribution in [0, 0.1) is 17.1 Å². The van der Waals surface area contributed by atoms with Crippen molar-refractivity contribution in [3.8, 4) is 6.07 Å². The first-order valence-corrected chi connectivity index (χ1v) is 6.62. The standard InChI is InChI=1S/C15H16FN3O2/c1-18-15(20)12(10-17)8-11-2-3-14(13(16)9-11)19-4-6-21-7-5-19/h2-3,8-9H,4-7H2,1H3,(H,18,20)/b12-8-. The summed E-state index contributed by atoms with van der Waals surface area (Å²) >= 11 is 0. The van der Waals surface area contributed by atoms with Crippen LogP contribution in [-0.4, -0.2) is 39.3 Å². The van der Waals surface area contributed by atoms with Crippen LogP contribution in [0.3, 0.4) is 0 Å². The molecule has 0 unspecified atom stereocenters. The number of nitriles is 1. The maximum Gasteiger partial charge on any atom is 0.261 e. The van der Waals surface area contributed by atoms with E-state index < -0.39 is 5.91 Å². The number of carbonyl (C=O) groups is 1. The highest BCUT2D eigenvalue weighted by Gasteiger charge is 2.15. The van der Waals surface area contributed by atoms with Crippen LogP contribution >= 0.6 is 0 Å². The number of morpholine rings is 1. The fraction of sp³-hybridized carbons (Fsp3) is 0.333. The highest BCUT2D eigenvalue weighted by atomic mass is 19.1. The van der Waals surface area contributed by atoms with E-state index in [1.54, 1.807) is 18.2 Å². The van der Waals surface area contributed by atoms with Crippen LogP contribution in [0.5, 0.6) is 0 Å². The zero-order valence-corrected chi connectivity index (χ0v) is 11.7. The smallest absolute Gasteiger partial charge is 0.261 e. The molecule has 0 saturated carbocycles. The predicted molar refractivity (Wildman–Crippen MR) is 77.1 cm³/mol. The van der Waals surface area contributed by atoms with Crippen molar-refractivity contribution in [1.82, 2.24) is 5.32 Å². The van der Waals surface area contributed by atoms with Crippen LogP contribution in [0.25, 0.3) is 6.08 Å². The molecule has 0 spiro atoms. The molecule has 1 amide bonds. The zero-order valence-electron chi connectivity index (χ0n) is 11.7. The number of ether oxygens (including phenoxy) is 1. The number of halogens is 1. The number of rotatable bonds is 3. The molecule has 0 atom stereocenters. The van der Waals surface area contributed by atoms with E-state index in [2.05, 4.69) is 5.32 Å². The monoisotopic (exact) mass is 289 g/mol. The van der Waals surface area contributed by atoms with Gasteiger partial charge in [-0.1, -0.05) is 6.07 Å². The van der Waals surface area contributed by atoms with Gasteiger partial charge in [0.05, 0.1) is 18.9 Å². The third-order valence-corrected chi connectivity index (χ3v) is 3.23. The highest BCUT2D eigenvalue weighted by molar-refractivity contribution is 6.01. The summed E-state index contributed by atoms with van der Waals surface area (Å²) in [7, 11) is 1.44. The molecule has 21 heavy (non-hydrogen) atoms. The number of hydrogen-bond acceptors (Lipinski definition) is 4. The Labute approximate surface area is 122 Å². The van der Waals surface area contributed by atoms with Gasteiger partial charge in [0.25, 0.3) is 5.91 Å². The Morgan fingerprint density at radius 1 is 1.48 bits per heavy atom. The topological polar surface area (TPSA) is 65.4 Å². The Morgan fingerprint density at radius 2 is 2.19 bits per heavy atom. The maximum atomic E-state index is 14.2. The Balaban J connectivity index is 2.24. The normalized spacial score (nSPS) is 15.5. The fourth-order valence-corrected chi connectivity index (χ4v) is 2.12. The molecule has 0 aromatic heterocycles. The van der Waals surface area contributed by atoms with Crippen LogP contribution in [0.1, 0.15) is 5.56 Å². The van der Waals surface area contributed by atoms with Crippen molar-refractivity contribution >= 4 is 17.7 Å². The molecule has 1 heterocycles. The largest absolute Gasteiger partial charge is 0.378 e. The number of likely N-dealkylation sites (N-methyl/N-ethyl adjacent to an activating group) is 1. The fourth-order valence-electron chi connectivity index (χ4n) is 2.12. The molecule has 0 bridgehead atoms. The van der Waals surface area contributed by atoms with Crippen molar-refractivity contribution in [2.45, 2.75) is 0 Å². The number of amides is 1. The van der Waals surface area contributed by atoms with Crippen LogP contribution in [-0.2, 0) is 9.53 Å². The summed E-state index contributed by atoms with van der Waals surface area (Å²) in [5.74, 6) is -0.866. The SMILES string of the molecule is CNC(=O)/C(C#N)=C\c1ccc(N2CCOCC2)c(F)c1. The molecule has 1 aromatic rings. The van der Waals surface area contributed by atoms with E-state index in [0.29, 0.717) is 37.6 Å². The minimum Gasteiger partial charge on any atom is -0.378 e. The Bertz CT molecular complexity index is 601. The lowest BCUT2D eigenvalue weighted by Crippen LogP contribution is -2.36. The van der Waals surface area contributed by atoms with Gasteiger partial charge in [0.1, 0.15) is 17.5 Å². The number of benzene rings is 1. The Morgan fingerprint density at radius 3 is 2.76 bits per heavy atom. The van der Waals surface area contributed by atoms with Crippen molar-refractivity contribution < 1.29 is 13.9 Å². The van der Waals surface area contributed by atoms with E-state index in [1.807, 2.05) is 4.90 Å². The molecule has 6 heteroatoms. The van der Waals surface area contributed by atoms with Crippen molar-refractivity contribution in [2.75, 3.05) is 38.3 Å². The maximum absolute atomic E-state index is 14.2. The average Bonchev–Trinajstić information content (AvgIpc) is 2.52. The van der Waals surface area contributed by atoms with Gasteiger partial charge in [-0.05, 0) is 23.8 Å². The van der Waals surface area contributed by atoms with Crippen molar-refractivity contribution in [1.29, 1.82) is 5.26 Å². The number of anilines is 1. The van der Waals surface area contributed by atoms with E-state index in [4.69, 9.17) is 10.00 Å². The van der Waals surface area contributed by atoms with Crippen LogP contribution < -0.4 is 10.2 Å². The van der Waals surface area contributed by atoms with Gasteiger partial charge in [-0.25, -0.2) is 4.39 Å². The first-order valence-electron chi connectivity index (χ1n) is 6.62. The second kappa shape index (κ2) is 6.86. The third-order valence-electron chi connectivity index (χ3n) is 3.23. The van der Waals surface area contributed by atoms with Crippen molar-refractivity contribution in [2.24, 2.45) is 0 Å². The first-order chi connectivity index (χ1) is 10.2. The van der Waals surface area contributed by atoms with E-state index in [9.17, 15) is 9.18 Å². The molecule has 5 nitrogen and oxygen atoms in total. The first kappa shape index (κ1) is 15.0. The van der Waals surface area contributed by atoms with Gasteiger partial charge in [0.2, 0.25) is 0 Å². The quantitative estimate of drug-likeness (QED) is 0.673. The van der Waals surface area contributed by atoms with Gasteiger partial charge in [-0.15, -0.1) is 0 Å². The predicted octanol–water partition coefficient (Wildman–Crippen LogP) is 1.32. The molecular weight excluding hydrogens is 273 g/mol. The van der Waals surface area contributed by atoms with Crippen LogP contribution in [0.4, 0.5) is 10.1 Å². The van der Waals surface area contributed by atoms with Crippen molar-refractivity contribution in [3.63, 3.8) is 0 Å². The molecule has 1 aromatic carbocycles. The number of carbonyl (C=O) groups excluding carboxylic acids is 1. The van der Waals surface area contributed by atoms with Gasteiger partial charge in [-0.3, -0.25) is 4.79 Å². The lowest BCUT2D eigenvalue weighted by molar-refractivity contribution is -0.116. The Kier molecular flexibility index (Phi) is 4.90. The van der Waals surface area contributed by atoms with Gasteiger partial charge < -0.3 is 15.0 Å². The summed E-state index contributed by atoms with van der Waals surface area (Å²) in [4.78, 5) is 13.3. The molecule has 1 N–H and O–H groups in total. The van der Waals surface area contributed by atoms with E-state index in [0.717, 1.165) is 0 Å². The molecule has 0 aliphatic carbocycles. The summed E-state index contributed by atoms with van der Waals surface area (Å²) in [6.45, 7) is 2.45. The molecule has 1 aliphatic heterocycles. The summed E-state index contributed by atoms with van der Waals surface area (Å²) in [5.41, 5.74) is 0.926. The summed E-state index contributed by atoms with van der Waals surface area (Å²) in [6, 6.07) is 6.47. The molecule has 1 fully saturated rings. The minimum atomic E-state index is -0.491. The number of nitrogens with one attached hydrogen (secondary N) is 1. The zero-order chi connectivity index (χ0) is 15.2. The number of nitrogens with zero attached hydrogens (tertiary/aromatic N) is 2. The summed E-state index contributed by atoms with van der Waals surface area (Å²) in [5, 5.41) is 11.3. The lowest BCUT2D eigenvalue weighted by atomic mass is 10.1. The highest BCUT2D eigenvalue weighted by Crippen LogP contribution is 2.22. The van der Waals surface area contributed by atoms with Crippen LogP contribution in [0.15, 0.2) is 23.8 Å². The van der Waals surface area contributed by atoms with Crippen molar-refractivity contribution in [3.05, 3.63) is 35.2 Å². The molecule has 1 saturated heterocycles. The second-order valence-electron chi connectivity index (χ2n) is 4.56. The van der Waals surface area contributed by atoms with Crippen LogP contribution in [0.2, 0.25) is 0 Å². The molecular formula is C15H16FN3O2. The molecule has 2 rings (SSSR count). The summed E-state index contributed by atoms with van der Waals surface area (Å²) in [6.07, 6.45) is 1.37. The van der Waals surface area contributed by atoms with E-state index >= 15 is 0 Å². The molecule has 1 aliphatic rings. The van der Waals surface area contributed by atoms with E-state index in [-0.39, 0.29) is 11.4 Å². The van der Waals surface area contributed by atoms with E-state index in [1.165, 1.54) is 19.2 Å². The van der Waals surface area contributed by atoms with Gasteiger partial charge >= 0.3 is 0 Å². The molecule has 110 valence electrons. The second-order valence-corrected chi connectivity index (χ2v) is 4.56. The van der Waals surface area contributed by atoms with Gasteiger partial charge in [0, 0.05) is 20.1 Å². The molecule has 0 radical (unpaired) electrons. The average molecular weight is 289 g/mol. The third kappa shape index (κ3) is 3.58. The minimum absolute atomic E-state index is 0.0592. The van der Waals surface area contributed by atoms with Gasteiger partial charge in [-0.2, -0.15) is 5.26 Å². The summed E-state index contributed by atoms with van der Waals surface area (Å²) < 4.78 is 19.4. The van der Waals surface area contributed by atoms with Gasteiger partial charge in [0.15, 0.2) is 0 Å². The Hall–Kier alpha value is -2.39. The lowest BCUT2D eigenvalue weighted by Gasteiger charge is -2.29.